The van der Waals surface area contributed by atoms with Gasteiger partial charge in [-0.05, 0) is 25.0 Å². The monoisotopic (exact) mass is 340 g/mol. The molecule has 0 bridgehead atoms. The highest BCUT2D eigenvalue weighted by molar-refractivity contribution is 7.80. The van der Waals surface area contributed by atoms with E-state index in [1.54, 1.807) is 0 Å². The van der Waals surface area contributed by atoms with E-state index < -0.39 is 58.7 Å². The number of hydrogen-bond donors (Lipinski definition) is 3. The predicted octanol–water partition coefficient (Wildman–Crippen LogP) is 2.89. The highest BCUT2D eigenvalue weighted by Crippen LogP contribution is 2.27. The summed E-state index contributed by atoms with van der Waals surface area (Å²) in [6, 6.07) is 0. The molecule has 1 atom stereocenters. The first kappa shape index (κ1) is 18.3. The lowest BCUT2D eigenvalue weighted by Gasteiger charge is -2.14. The summed E-state index contributed by atoms with van der Waals surface area (Å²) in [6.45, 7) is 0. The van der Waals surface area contributed by atoms with E-state index in [2.05, 4.69) is 12.6 Å². The molecule has 9 heteroatoms. The molecule has 0 aromatic heterocycles. The Bertz CT molecular complexity index is 577. The van der Waals surface area contributed by atoms with Gasteiger partial charge in [0.1, 0.15) is 5.56 Å². The van der Waals surface area contributed by atoms with Crippen LogP contribution in [0.4, 0.5) is 17.6 Å². The van der Waals surface area contributed by atoms with Crippen molar-refractivity contribution in [1.29, 1.82) is 0 Å². The van der Waals surface area contributed by atoms with E-state index in [1.807, 2.05) is 0 Å². The Morgan fingerprint density at radius 2 is 1.50 bits per heavy atom. The largest absolute Gasteiger partial charge is 0.481 e. The van der Waals surface area contributed by atoms with Gasteiger partial charge in [-0.2, -0.15) is 12.6 Å². The Hall–Kier alpha value is -1.77. The van der Waals surface area contributed by atoms with Gasteiger partial charge in [0.05, 0.1) is 5.92 Å². The molecule has 2 N–H and O–H groups in total. The van der Waals surface area contributed by atoms with Crippen LogP contribution < -0.4 is 0 Å². The smallest absolute Gasteiger partial charge is 0.341 e. The van der Waals surface area contributed by atoms with Crippen molar-refractivity contribution < 1.29 is 37.4 Å². The Morgan fingerprint density at radius 3 is 1.86 bits per heavy atom. The number of benzene rings is 1. The van der Waals surface area contributed by atoms with Gasteiger partial charge in [-0.15, -0.1) is 0 Å². The van der Waals surface area contributed by atoms with Crippen LogP contribution in [0.1, 0.15) is 28.8 Å². The predicted molar refractivity (Wildman–Crippen MR) is 71.2 cm³/mol. The first-order chi connectivity index (χ1) is 10.2. The van der Waals surface area contributed by atoms with E-state index >= 15 is 0 Å². The summed E-state index contributed by atoms with van der Waals surface area (Å²) in [6.07, 6.45) is -0.475. The molecule has 0 radical (unpaired) electrons. The molecule has 0 aliphatic heterocycles. The molecule has 4 nitrogen and oxygen atoms in total. The first-order valence-electron chi connectivity index (χ1n) is 6.14. The molecule has 0 fully saturated rings. The molecule has 0 saturated heterocycles. The lowest BCUT2D eigenvalue weighted by atomic mass is 9.93. The fourth-order valence-corrected chi connectivity index (χ4v) is 2.12. The van der Waals surface area contributed by atoms with E-state index in [0.717, 1.165) is 0 Å². The van der Waals surface area contributed by atoms with Crippen molar-refractivity contribution in [1.82, 2.24) is 0 Å². The fraction of sp³-hybridized carbons (Fsp3) is 0.385. The molecule has 1 unspecified atom stereocenters. The third-order valence-electron chi connectivity index (χ3n) is 3.08. The number of rotatable bonds is 7. The minimum atomic E-state index is -2.16. The lowest BCUT2D eigenvalue weighted by molar-refractivity contribution is -0.142. The van der Waals surface area contributed by atoms with Gasteiger partial charge in [0.15, 0.2) is 23.3 Å². The molecule has 0 saturated carbocycles. The highest BCUT2D eigenvalue weighted by atomic mass is 32.1. The molecule has 1 aromatic carbocycles. The first-order valence-corrected chi connectivity index (χ1v) is 6.77. The van der Waals surface area contributed by atoms with Crippen LogP contribution in [0.25, 0.3) is 0 Å². The molecule has 122 valence electrons. The lowest BCUT2D eigenvalue weighted by Crippen LogP contribution is -2.20. The van der Waals surface area contributed by atoms with Gasteiger partial charge >= 0.3 is 11.9 Å². The normalized spacial score (nSPS) is 12.2. The summed E-state index contributed by atoms with van der Waals surface area (Å²) in [5, 5.41) is 17.5. The van der Waals surface area contributed by atoms with Gasteiger partial charge in [0, 0.05) is 5.56 Å². The summed E-state index contributed by atoms with van der Waals surface area (Å²) in [7, 11) is 0. The van der Waals surface area contributed by atoms with Crippen molar-refractivity contribution in [2.75, 3.05) is 5.75 Å². The summed E-state index contributed by atoms with van der Waals surface area (Å²) in [5.74, 6) is -12.4. The van der Waals surface area contributed by atoms with Crippen molar-refractivity contribution in [2.24, 2.45) is 5.92 Å². The standard InChI is InChI=1S/C13H12F4O4S/c14-8-6(4-5(12(18)19)2-1-3-22)9(15)11(17)7(10(8)16)13(20)21/h5,22H,1-4H2,(H,18,19)(H,20,21). The highest BCUT2D eigenvalue weighted by Gasteiger charge is 2.31. The summed E-state index contributed by atoms with van der Waals surface area (Å²) in [4.78, 5) is 21.6. The summed E-state index contributed by atoms with van der Waals surface area (Å²) < 4.78 is 54.6. The van der Waals surface area contributed by atoms with Crippen LogP contribution in [0.5, 0.6) is 0 Å². The van der Waals surface area contributed by atoms with Crippen molar-refractivity contribution in [3.8, 4) is 0 Å². The molecule has 0 aliphatic carbocycles. The zero-order chi connectivity index (χ0) is 17.0. The molecule has 0 spiro atoms. The minimum Gasteiger partial charge on any atom is -0.481 e. The van der Waals surface area contributed by atoms with E-state index in [0.29, 0.717) is 12.2 Å². The molecule has 0 amide bonds. The quantitative estimate of drug-likeness (QED) is 0.405. The van der Waals surface area contributed by atoms with Crippen LogP contribution in [-0.4, -0.2) is 27.9 Å². The number of aromatic carboxylic acids is 1. The number of halogens is 4. The number of carbonyl (C=O) groups is 2. The van der Waals surface area contributed by atoms with Gasteiger partial charge in [-0.3, -0.25) is 4.79 Å². The van der Waals surface area contributed by atoms with Gasteiger partial charge in [0.25, 0.3) is 0 Å². The Balaban J connectivity index is 3.30. The van der Waals surface area contributed by atoms with Gasteiger partial charge in [0.2, 0.25) is 0 Å². The van der Waals surface area contributed by atoms with Crippen LogP contribution in [0.15, 0.2) is 0 Å². The minimum absolute atomic E-state index is 0.00162. The second-order valence-corrected chi connectivity index (χ2v) is 4.97. The third kappa shape index (κ3) is 3.70. The van der Waals surface area contributed by atoms with Crippen LogP contribution in [0, 0.1) is 29.2 Å². The van der Waals surface area contributed by atoms with Crippen molar-refractivity contribution >= 4 is 24.6 Å². The maximum Gasteiger partial charge on any atom is 0.341 e. The van der Waals surface area contributed by atoms with Crippen LogP contribution >= 0.6 is 12.6 Å². The molecule has 1 rings (SSSR count). The fourth-order valence-electron chi connectivity index (χ4n) is 1.94. The van der Waals surface area contributed by atoms with Crippen molar-refractivity contribution in [3.63, 3.8) is 0 Å². The van der Waals surface area contributed by atoms with Gasteiger partial charge in [-0.25, -0.2) is 22.4 Å². The second-order valence-electron chi connectivity index (χ2n) is 4.52. The molecular weight excluding hydrogens is 328 g/mol. The Labute approximate surface area is 128 Å². The number of carboxylic acids is 2. The Kier molecular flexibility index (Phi) is 6.21. The van der Waals surface area contributed by atoms with E-state index in [9.17, 15) is 27.2 Å². The SMILES string of the molecule is O=C(O)c1c(F)c(F)c(CC(CCCS)C(=O)O)c(F)c1F. The summed E-state index contributed by atoms with van der Waals surface area (Å²) in [5.41, 5.74) is -2.87. The van der Waals surface area contributed by atoms with Crippen LogP contribution in [0.3, 0.4) is 0 Å². The van der Waals surface area contributed by atoms with Crippen LogP contribution in [-0.2, 0) is 11.2 Å². The number of hydrogen-bond acceptors (Lipinski definition) is 3. The number of aliphatic carboxylic acids is 1. The molecule has 1 aromatic rings. The van der Waals surface area contributed by atoms with Crippen molar-refractivity contribution in [2.45, 2.75) is 19.3 Å². The average Bonchev–Trinajstić information content (AvgIpc) is 2.44. The summed E-state index contributed by atoms with van der Waals surface area (Å²) >= 11 is 3.87. The molecular formula is C13H12F4O4S. The number of carboxylic acid groups (broad SMARTS) is 2. The zero-order valence-corrected chi connectivity index (χ0v) is 12.0. The van der Waals surface area contributed by atoms with Crippen molar-refractivity contribution in [3.05, 3.63) is 34.4 Å². The van der Waals surface area contributed by atoms with E-state index in [4.69, 9.17) is 10.2 Å². The maximum atomic E-state index is 13.8. The van der Waals surface area contributed by atoms with Gasteiger partial charge in [-0.1, -0.05) is 0 Å². The number of thiol groups is 1. The van der Waals surface area contributed by atoms with E-state index in [-0.39, 0.29) is 6.42 Å². The topological polar surface area (TPSA) is 74.6 Å². The van der Waals surface area contributed by atoms with E-state index in [1.165, 1.54) is 0 Å². The van der Waals surface area contributed by atoms with Crippen LogP contribution in [0.2, 0.25) is 0 Å². The maximum absolute atomic E-state index is 13.8. The second kappa shape index (κ2) is 7.48. The average molecular weight is 340 g/mol. The zero-order valence-electron chi connectivity index (χ0n) is 11.1. The molecule has 22 heavy (non-hydrogen) atoms. The molecule has 0 heterocycles. The molecule has 0 aliphatic rings. The third-order valence-corrected chi connectivity index (χ3v) is 3.39. The Morgan fingerprint density at radius 1 is 1.00 bits per heavy atom. The van der Waals surface area contributed by atoms with Gasteiger partial charge < -0.3 is 10.2 Å².